The lowest BCUT2D eigenvalue weighted by atomic mass is 9.98. The first-order valence-electron chi connectivity index (χ1n) is 7.95. The van der Waals surface area contributed by atoms with E-state index in [1.165, 1.54) is 6.07 Å². The van der Waals surface area contributed by atoms with Crippen molar-refractivity contribution in [1.29, 1.82) is 0 Å². The summed E-state index contributed by atoms with van der Waals surface area (Å²) in [7, 11) is 0. The lowest BCUT2D eigenvalue weighted by Crippen LogP contribution is -2.03. The molecule has 0 aromatic heterocycles. The molecule has 0 atom stereocenters. The molecular formula is C20H16F4O. The van der Waals surface area contributed by atoms with E-state index in [4.69, 9.17) is 0 Å². The number of hydrogen-bond donors (Lipinski definition) is 0. The van der Waals surface area contributed by atoms with Crippen LogP contribution in [0.1, 0.15) is 18.9 Å². The van der Waals surface area contributed by atoms with Gasteiger partial charge in [0.1, 0.15) is 5.82 Å². The summed E-state index contributed by atoms with van der Waals surface area (Å²) < 4.78 is 57.2. The minimum atomic E-state index is -3.12. The van der Waals surface area contributed by atoms with E-state index in [1.807, 2.05) is 12.1 Å². The van der Waals surface area contributed by atoms with Crippen molar-refractivity contribution in [1.82, 2.24) is 0 Å². The summed E-state index contributed by atoms with van der Waals surface area (Å²) in [6.07, 6.45) is 1.91. The van der Waals surface area contributed by atoms with Crippen molar-refractivity contribution < 1.29 is 22.3 Å². The van der Waals surface area contributed by atoms with Crippen LogP contribution in [0.5, 0.6) is 5.75 Å². The number of hydrogen-bond acceptors (Lipinski definition) is 1. The lowest BCUT2D eigenvalue weighted by molar-refractivity contribution is -0.0521. The number of alkyl halides is 2. The van der Waals surface area contributed by atoms with E-state index >= 15 is 0 Å². The van der Waals surface area contributed by atoms with Gasteiger partial charge < -0.3 is 4.74 Å². The van der Waals surface area contributed by atoms with E-state index in [1.54, 1.807) is 18.2 Å². The van der Waals surface area contributed by atoms with E-state index in [0.29, 0.717) is 5.39 Å². The van der Waals surface area contributed by atoms with Crippen LogP contribution in [-0.4, -0.2) is 6.61 Å². The van der Waals surface area contributed by atoms with Crippen LogP contribution in [-0.2, 0) is 6.42 Å². The van der Waals surface area contributed by atoms with Crippen LogP contribution in [0.25, 0.3) is 21.9 Å². The Hall–Kier alpha value is -2.56. The van der Waals surface area contributed by atoms with Crippen LogP contribution in [0, 0.1) is 11.6 Å². The molecule has 130 valence electrons. The van der Waals surface area contributed by atoms with Crippen molar-refractivity contribution in [3.63, 3.8) is 0 Å². The highest BCUT2D eigenvalue weighted by Crippen LogP contribution is 2.32. The van der Waals surface area contributed by atoms with Crippen molar-refractivity contribution in [2.75, 3.05) is 0 Å². The first-order valence-corrected chi connectivity index (χ1v) is 7.95. The van der Waals surface area contributed by atoms with Gasteiger partial charge in [-0.3, -0.25) is 0 Å². The average molecular weight is 348 g/mol. The van der Waals surface area contributed by atoms with Gasteiger partial charge in [-0.1, -0.05) is 49.7 Å². The normalized spacial score (nSPS) is 11.3. The first kappa shape index (κ1) is 17.3. The molecule has 25 heavy (non-hydrogen) atoms. The molecule has 3 aromatic rings. The second-order valence-corrected chi connectivity index (χ2v) is 5.76. The fraction of sp³-hybridized carbons (Fsp3) is 0.200. The van der Waals surface area contributed by atoms with Crippen molar-refractivity contribution in [2.24, 2.45) is 0 Å². The molecule has 0 spiro atoms. The lowest BCUT2D eigenvalue weighted by Gasteiger charge is -2.10. The number of ether oxygens (including phenoxy) is 1. The van der Waals surface area contributed by atoms with Gasteiger partial charge in [-0.25, -0.2) is 8.78 Å². The second-order valence-electron chi connectivity index (χ2n) is 5.76. The molecule has 0 unspecified atom stereocenters. The smallest absolute Gasteiger partial charge is 0.387 e. The number of fused-ring (bicyclic) bond motifs is 1. The fourth-order valence-electron chi connectivity index (χ4n) is 2.87. The third-order valence-electron chi connectivity index (χ3n) is 4.02. The summed E-state index contributed by atoms with van der Waals surface area (Å²) in [6.45, 7) is -1.04. The van der Waals surface area contributed by atoms with Crippen molar-refractivity contribution >= 4 is 10.8 Å². The predicted octanol–water partition coefficient (Wildman–Crippen LogP) is 6.34. The maximum absolute atomic E-state index is 14.8. The van der Waals surface area contributed by atoms with Crippen LogP contribution in [0.3, 0.4) is 0 Å². The number of rotatable bonds is 5. The highest BCUT2D eigenvalue weighted by molar-refractivity contribution is 5.88. The van der Waals surface area contributed by atoms with Gasteiger partial charge in [0.05, 0.1) is 0 Å². The Labute approximate surface area is 142 Å². The third kappa shape index (κ3) is 3.60. The molecule has 0 aliphatic rings. The molecule has 0 heterocycles. The molecule has 3 aromatic carbocycles. The van der Waals surface area contributed by atoms with Crippen molar-refractivity contribution in [3.8, 4) is 16.9 Å². The maximum Gasteiger partial charge on any atom is 0.387 e. The molecular weight excluding hydrogens is 332 g/mol. The Balaban J connectivity index is 2.02. The van der Waals surface area contributed by atoms with Gasteiger partial charge in [0.25, 0.3) is 0 Å². The van der Waals surface area contributed by atoms with E-state index in [-0.39, 0.29) is 11.1 Å². The zero-order chi connectivity index (χ0) is 18.0. The van der Waals surface area contributed by atoms with Crippen molar-refractivity contribution in [3.05, 3.63) is 65.7 Å². The van der Waals surface area contributed by atoms with Gasteiger partial charge in [-0.2, -0.15) is 8.78 Å². The van der Waals surface area contributed by atoms with Crippen LogP contribution < -0.4 is 4.74 Å². The molecule has 0 saturated heterocycles. The Morgan fingerprint density at radius 3 is 2.44 bits per heavy atom. The maximum atomic E-state index is 14.8. The third-order valence-corrected chi connectivity index (χ3v) is 4.02. The zero-order valence-electron chi connectivity index (χ0n) is 13.5. The number of halogens is 4. The largest absolute Gasteiger partial charge is 0.432 e. The van der Waals surface area contributed by atoms with Crippen LogP contribution in [0.2, 0.25) is 0 Å². The molecule has 3 rings (SSSR count). The Bertz CT molecular complexity index is 906. The van der Waals surface area contributed by atoms with Gasteiger partial charge in [0, 0.05) is 10.9 Å². The Morgan fingerprint density at radius 2 is 1.76 bits per heavy atom. The average Bonchev–Trinajstić information content (AvgIpc) is 2.57. The molecule has 0 saturated carbocycles. The molecule has 0 radical (unpaired) electrons. The monoisotopic (exact) mass is 348 g/mol. The fourth-order valence-corrected chi connectivity index (χ4v) is 2.87. The van der Waals surface area contributed by atoms with Crippen LogP contribution >= 0.6 is 0 Å². The molecule has 0 aliphatic carbocycles. The molecule has 1 nitrogen and oxygen atoms in total. The van der Waals surface area contributed by atoms with E-state index in [9.17, 15) is 17.6 Å². The van der Waals surface area contributed by atoms with Crippen LogP contribution in [0.15, 0.2) is 48.5 Å². The summed E-state index contributed by atoms with van der Waals surface area (Å²) in [5, 5.41) is 1.20. The van der Waals surface area contributed by atoms with Gasteiger partial charge >= 0.3 is 6.61 Å². The summed E-state index contributed by atoms with van der Waals surface area (Å²) in [4.78, 5) is 0. The van der Waals surface area contributed by atoms with Crippen LogP contribution in [0.4, 0.5) is 17.6 Å². The van der Waals surface area contributed by atoms with Crippen molar-refractivity contribution in [2.45, 2.75) is 26.4 Å². The molecule has 0 fully saturated rings. The summed E-state index contributed by atoms with van der Waals surface area (Å²) in [5.41, 5.74) is 1.59. The standard InChI is InChI=1S/C20H16F4O/c1-2-3-12-4-7-15-13(10-12)5-8-16(19(15)22)14-6-9-18(17(21)11-14)25-20(23)24/h4-11,20H,2-3H2,1H3. The summed E-state index contributed by atoms with van der Waals surface area (Å²) in [6, 6.07) is 12.3. The molecule has 0 bridgehead atoms. The second kappa shape index (κ2) is 7.13. The van der Waals surface area contributed by atoms with E-state index < -0.39 is 24.0 Å². The predicted molar refractivity (Wildman–Crippen MR) is 89.9 cm³/mol. The molecule has 5 heteroatoms. The topological polar surface area (TPSA) is 9.23 Å². The SMILES string of the molecule is CCCc1ccc2c(F)c(-c3ccc(OC(F)F)c(F)c3)ccc2c1. The van der Waals surface area contributed by atoms with Gasteiger partial charge in [0.15, 0.2) is 11.6 Å². The highest BCUT2D eigenvalue weighted by Gasteiger charge is 2.14. The highest BCUT2D eigenvalue weighted by atomic mass is 19.3. The molecule has 0 N–H and O–H groups in total. The summed E-state index contributed by atoms with van der Waals surface area (Å²) in [5.74, 6) is -2.00. The van der Waals surface area contributed by atoms with E-state index in [0.717, 1.165) is 35.9 Å². The van der Waals surface area contributed by atoms with Gasteiger partial charge in [0.2, 0.25) is 0 Å². The summed E-state index contributed by atoms with van der Waals surface area (Å²) >= 11 is 0. The molecule has 0 aliphatic heterocycles. The quantitative estimate of drug-likeness (QED) is 0.489. The van der Waals surface area contributed by atoms with Gasteiger partial charge in [-0.05, 0) is 35.1 Å². The number of benzene rings is 3. The van der Waals surface area contributed by atoms with Gasteiger partial charge in [-0.15, -0.1) is 0 Å². The first-order chi connectivity index (χ1) is 12.0. The molecule has 0 amide bonds. The zero-order valence-corrected chi connectivity index (χ0v) is 13.5. The minimum Gasteiger partial charge on any atom is -0.432 e. The Morgan fingerprint density at radius 1 is 0.960 bits per heavy atom. The number of aryl methyl sites for hydroxylation is 1. The van der Waals surface area contributed by atoms with E-state index in [2.05, 4.69) is 11.7 Å². The minimum absolute atomic E-state index is 0.207. The Kier molecular flexibility index (Phi) is 4.93.